The van der Waals surface area contributed by atoms with Gasteiger partial charge in [-0.25, -0.2) is 0 Å². The molecule has 0 fully saturated rings. The molecule has 26 heavy (non-hydrogen) atoms. The molecule has 5 nitrogen and oxygen atoms in total. The summed E-state index contributed by atoms with van der Waals surface area (Å²) in [6.45, 7) is 4.39. The molecule has 0 aromatic heterocycles. The number of carbonyl (C=O) groups is 1. The van der Waals surface area contributed by atoms with E-state index in [2.05, 4.69) is 12.2 Å². The van der Waals surface area contributed by atoms with Crippen LogP contribution in [0.3, 0.4) is 0 Å². The number of ether oxygens (including phenoxy) is 3. The van der Waals surface area contributed by atoms with Gasteiger partial charge in [-0.3, -0.25) is 4.79 Å². The van der Waals surface area contributed by atoms with Crippen molar-refractivity contribution in [3.05, 3.63) is 53.6 Å². The Morgan fingerprint density at radius 1 is 1.04 bits per heavy atom. The van der Waals surface area contributed by atoms with E-state index in [-0.39, 0.29) is 11.9 Å². The highest BCUT2D eigenvalue weighted by atomic mass is 16.5. The molecule has 0 aliphatic rings. The van der Waals surface area contributed by atoms with Crippen LogP contribution in [0.15, 0.2) is 42.5 Å². The molecule has 0 radical (unpaired) electrons. The second kappa shape index (κ2) is 9.70. The summed E-state index contributed by atoms with van der Waals surface area (Å²) in [5, 5.41) is 2.97. The van der Waals surface area contributed by atoms with Crippen molar-refractivity contribution in [1.29, 1.82) is 0 Å². The van der Waals surface area contributed by atoms with Crippen LogP contribution in [0.5, 0.6) is 17.2 Å². The molecular weight excluding hydrogens is 330 g/mol. The fraction of sp³-hybridized carbons (Fsp3) is 0.381. The summed E-state index contributed by atoms with van der Waals surface area (Å²) in [4.78, 5) is 12.1. The Kier molecular flexibility index (Phi) is 7.33. The topological polar surface area (TPSA) is 56.8 Å². The van der Waals surface area contributed by atoms with E-state index in [1.54, 1.807) is 14.2 Å². The minimum Gasteiger partial charge on any atom is -0.493 e. The first-order valence-electron chi connectivity index (χ1n) is 8.80. The molecule has 2 aromatic rings. The van der Waals surface area contributed by atoms with Gasteiger partial charge < -0.3 is 19.5 Å². The number of nitrogens with one attached hydrogen (secondary N) is 1. The number of amides is 1. The van der Waals surface area contributed by atoms with E-state index < -0.39 is 0 Å². The van der Waals surface area contributed by atoms with Gasteiger partial charge in [0.15, 0.2) is 11.5 Å². The molecule has 2 aromatic carbocycles. The van der Waals surface area contributed by atoms with Gasteiger partial charge in [0, 0.05) is 0 Å². The maximum Gasteiger partial charge on any atom is 0.223 e. The number of hydrogen-bond donors (Lipinski definition) is 1. The molecule has 0 aliphatic heterocycles. The summed E-state index contributed by atoms with van der Waals surface area (Å²) in [6.07, 6.45) is 1.30. The fourth-order valence-electron chi connectivity index (χ4n) is 2.60. The van der Waals surface area contributed by atoms with Gasteiger partial charge in [-0.2, -0.15) is 0 Å². The average Bonchev–Trinajstić information content (AvgIpc) is 2.67. The van der Waals surface area contributed by atoms with Crippen LogP contribution in [0.2, 0.25) is 0 Å². The summed E-state index contributed by atoms with van der Waals surface area (Å²) >= 11 is 0. The van der Waals surface area contributed by atoms with Crippen molar-refractivity contribution >= 4 is 5.91 Å². The molecule has 5 heteroatoms. The van der Waals surface area contributed by atoms with Gasteiger partial charge in [-0.05, 0) is 48.7 Å². The zero-order valence-electron chi connectivity index (χ0n) is 15.9. The lowest BCUT2D eigenvalue weighted by atomic mass is 10.1. The first-order valence-corrected chi connectivity index (χ1v) is 8.80. The number of hydrogen-bond acceptors (Lipinski definition) is 4. The van der Waals surface area contributed by atoms with Crippen molar-refractivity contribution in [3.63, 3.8) is 0 Å². The monoisotopic (exact) mass is 357 g/mol. The van der Waals surface area contributed by atoms with E-state index in [1.165, 1.54) is 5.56 Å². The second-order valence-corrected chi connectivity index (χ2v) is 6.00. The van der Waals surface area contributed by atoms with Crippen LogP contribution in [-0.2, 0) is 11.2 Å². The van der Waals surface area contributed by atoms with E-state index in [0.29, 0.717) is 24.5 Å². The smallest absolute Gasteiger partial charge is 0.223 e. The van der Waals surface area contributed by atoms with Crippen molar-refractivity contribution < 1.29 is 19.0 Å². The quantitative estimate of drug-likeness (QED) is 0.739. The number of carbonyl (C=O) groups excluding carboxylic acids is 1. The molecule has 1 atom stereocenters. The first-order chi connectivity index (χ1) is 12.6. The van der Waals surface area contributed by atoms with Crippen molar-refractivity contribution in [2.24, 2.45) is 0 Å². The van der Waals surface area contributed by atoms with Gasteiger partial charge in [0.05, 0.1) is 33.3 Å². The lowest BCUT2D eigenvalue weighted by Gasteiger charge is -2.16. The van der Waals surface area contributed by atoms with Gasteiger partial charge >= 0.3 is 0 Å². The van der Waals surface area contributed by atoms with Crippen LogP contribution in [0.4, 0.5) is 0 Å². The Morgan fingerprint density at radius 3 is 2.35 bits per heavy atom. The van der Waals surface area contributed by atoms with Crippen LogP contribution < -0.4 is 19.5 Å². The standard InChI is InChI=1S/C21H27NO4/c1-5-16-6-9-18(10-7-16)26-13-12-21(23)22-15(2)17-8-11-19(24-3)20(14-17)25-4/h6-11,14-15H,5,12-13H2,1-4H3,(H,22,23). The minimum atomic E-state index is -0.133. The Bertz CT molecular complexity index is 712. The average molecular weight is 357 g/mol. The van der Waals surface area contributed by atoms with E-state index >= 15 is 0 Å². The first kappa shape index (κ1) is 19.6. The normalized spacial score (nSPS) is 11.5. The van der Waals surface area contributed by atoms with Crippen molar-refractivity contribution in [3.8, 4) is 17.2 Å². The number of rotatable bonds is 9. The molecule has 1 unspecified atom stereocenters. The van der Waals surface area contributed by atoms with Gasteiger partial charge in [-0.1, -0.05) is 25.1 Å². The van der Waals surface area contributed by atoms with E-state index in [0.717, 1.165) is 17.7 Å². The SMILES string of the molecule is CCc1ccc(OCCC(=O)NC(C)c2ccc(OC)c(OC)c2)cc1. The van der Waals surface area contributed by atoms with E-state index in [1.807, 2.05) is 49.4 Å². The molecule has 2 rings (SSSR count). The maximum absolute atomic E-state index is 12.1. The highest BCUT2D eigenvalue weighted by Gasteiger charge is 2.12. The largest absolute Gasteiger partial charge is 0.493 e. The molecule has 0 aliphatic carbocycles. The Labute approximate surface area is 155 Å². The summed E-state index contributed by atoms with van der Waals surface area (Å²) in [6, 6.07) is 13.4. The summed E-state index contributed by atoms with van der Waals surface area (Å²) in [5.74, 6) is 2.03. The third-order valence-electron chi connectivity index (χ3n) is 4.21. The molecule has 0 saturated carbocycles. The molecule has 140 valence electrons. The molecule has 0 saturated heterocycles. The van der Waals surface area contributed by atoms with E-state index in [4.69, 9.17) is 14.2 Å². The van der Waals surface area contributed by atoms with Gasteiger partial charge in [-0.15, -0.1) is 0 Å². The van der Waals surface area contributed by atoms with Gasteiger partial charge in [0.1, 0.15) is 5.75 Å². The van der Waals surface area contributed by atoms with Crippen molar-refractivity contribution in [1.82, 2.24) is 5.32 Å². The number of aryl methyl sites for hydroxylation is 1. The van der Waals surface area contributed by atoms with E-state index in [9.17, 15) is 4.79 Å². The highest BCUT2D eigenvalue weighted by molar-refractivity contribution is 5.76. The summed E-state index contributed by atoms with van der Waals surface area (Å²) in [7, 11) is 3.19. The van der Waals surface area contributed by atoms with Crippen LogP contribution in [0.25, 0.3) is 0 Å². The Hall–Kier alpha value is -2.69. The third kappa shape index (κ3) is 5.41. The van der Waals surface area contributed by atoms with Crippen LogP contribution >= 0.6 is 0 Å². The number of methoxy groups -OCH3 is 2. The molecule has 1 amide bonds. The lowest BCUT2D eigenvalue weighted by Crippen LogP contribution is -2.27. The predicted octanol–water partition coefficient (Wildman–Crippen LogP) is 3.91. The molecule has 1 N–H and O–H groups in total. The van der Waals surface area contributed by atoms with Crippen LogP contribution in [0, 0.1) is 0 Å². The second-order valence-electron chi connectivity index (χ2n) is 6.00. The molecule has 0 spiro atoms. The fourth-order valence-corrected chi connectivity index (χ4v) is 2.60. The maximum atomic E-state index is 12.1. The summed E-state index contributed by atoms with van der Waals surface area (Å²) in [5.41, 5.74) is 2.21. The lowest BCUT2D eigenvalue weighted by molar-refractivity contribution is -0.122. The zero-order valence-corrected chi connectivity index (χ0v) is 15.9. The van der Waals surface area contributed by atoms with Crippen LogP contribution in [-0.4, -0.2) is 26.7 Å². The van der Waals surface area contributed by atoms with Gasteiger partial charge in [0.2, 0.25) is 5.91 Å². The van der Waals surface area contributed by atoms with Crippen molar-refractivity contribution in [2.45, 2.75) is 32.7 Å². The molecule has 0 heterocycles. The molecular formula is C21H27NO4. The minimum absolute atomic E-state index is 0.0579. The highest BCUT2D eigenvalue weighted by Crippen LogP contribution is 2.29. The number of benzene rings is 2. The summed E-state index contributed by atoms with van der Waals surface area (Å²) < 4.78 is 16.2. The van der Waals surface area contributed by atoms with Gasteiger partial charge in [0.25, 0.3) is 0 Å². The van der Waals surface area contributed by atoms with Crippen molar-refractivity contribution in [2.75, 3.05) is 20.8 Å². The third-order valence-corrected chi connectivity index (χ3v) is 4.21. The Morgan fingerprint density at radius 2 is 1.73 bits per heavy atom. The zero-order chi connectivity index (χ0) is 18.9. The predicted molar refractivity (Wildman–Crippen MR) is 102 cm³/mol. The van der Waals surface area contributed by atoms with Crippen LogP contribution in [0.1, 0.15) is 37.4 Å². The molecule has 0 bridgehead atoms. The Balaban J connectivity index is 1.82.